The fraction of sp³-hybridized carbons (Fsp3) is 0.353. The van der Waals surface area contributed by atoms with Gasteiger partial charge in [0.15, 0.2) is 0 Å². The van der Waals surface area contributed by atoms with Crippen LogP contribution < -0.4 is 5.56 Å². The molecule has 0 atom stereocenters. The minimum absolute atomic E-state index is 0.0665. The van der Waals surface area contributed by atoms with Crippen LogP contribution in [-0.4, -0.2) is 4.57 Å². The molecule has 0 radical (unpaired) electrons. The molecule has 0 unspecified atom stereocenters. The van der Waals surface area contributed by atoms with E-state index in [2.05, 4.69) is 46.9 Å². The van der Waals surface area contributed by atoms with Crippen molar-refractivity contribution >= 4 is 22.6 Å². The zero-order valence-electron chi connectivity index (χ0n) is 11.4. The highest BCUT2D eigenvalue weighted by atomic mass is 127. The van der Waals surface area contributed by atoms with E-state index in [-0.39, 0.29) is 5.56 Å². The Morgan fingerprint density at radius 2 is 1.80 bits per heavy atom. The second-order valence-electron chi connectivity index (χ2n) is 5.53. The van der Waals surface area contributed by atoms with E-state index in [0.29, 0.717) is 6.54 Å². The summed E-state index contributed by atoms with van der Waals surface area (Å²) in [5, 5.41) is 0. The normalized spacial score (nSPS) is 15.7. The van der Waals surface area contributed by atoms with Crippen molar-refractivity contribution in [2.24, 2.45) is 0 Å². The molecule has 2 aromatic rings. The molecule has 0 bridgehead atoms. The van der Waals surface area contributed by atoms with Crippen molar-refractivity contribution < 1.29 is 0 Å². The molecule has 1 fully saturated rings. The molecule has 0 spiro atoms. The van der Waals surface area contributed by atoms with Crippen molar-refractivity contribution in [3.8, 4) is 0 Å². The average Bonchev–Trinajstić information content (AvgIpc) is 2.97. The Morgan fingerprint density at radius 3 is 2.45 bits per heavy atom. The van der Waals surface area contributed by atoms with E-state index in [0.717, 1.165) is 9.49 Å². The number of nitrogens with zero attached hydrogens (tertiary/aromatic N) is 1. The van der Waals surface area contributed by atoms with Crippen LogP contribution in [0.4, 0.5) is 0 Å². The number of halogens is 1. The van der Waals surface area contributed by atoms with Crippen LogP contribution in [0.5, 0.6) is 0 Å². The van der Waals surface area contributed by atoms with Gasteiger partial charge in [0.1, 0.15) is 0 Å². The average molecular weight is 379 g/mol. The zero-order chi connectivity index (χ0) is 13.9. The first kappa shape index (κ1) is 13.9. The quantitative estimate of drug-likeness (QED) is 0.735. The molecule has 0 N–H and O–H groups in total. The Bertz CT molecular complexity index is 639. The largest absolute Gasteiger partial charge is 0.311 e. The van der Waals surface area contributed by atoms with Crippen LogP contribution in [0.25, 0.3) is 0 Å². The Balaban J connectivity index is 1.76. The second kappa shape index (κ2) is 6.12. The highest BCUT2D eigenvalue weighted by Gasteiger charge is 2.16. The molecule has 3 heteroatoms. The molecule has 1 aliphatic rings. The Morgan fingerprint density at radius 1 is 1.10 bits per heavy atom. The standard InChI is InChI=1S/C17H18INO/c18-16-9-10-19(17(20)11-16)12-13-5-7-15(8-6-13)14-3-1-2-4-14/h5-11,14H,1-4,12H2. The van der Waals surface area contributed by atoms with E-state index >= 15 is 0 Å². The number of benzene rings is 1. The van der Waals surface area contributed by atoms with Crippen molar-refractivity contribution in [2.45, 2.75) is 38.1 Å². The second-order valence-corrected chi connectivity index (χ2v) is 6.78. The molecule has 1 saturated carbocycles. The van der Waals surface area contributed by atoms with Crippen molar-refractivity contribution in [2.75, 3.05) is 0 Å². The van der Waals surface area contributed by atoms with Gasteiger partial charge in [-0.3, -0.25) is 4.79 Å². The molecular weight excluding hydrogens is 361 g/mol. The van der Waals surface area contributed by atoms with E-state index in [4.69, 9.17) is 0 Å². The monoisotopic (exact) mass is 379 g/mol. The summed E-state index contributed by atoms with van der Waals surface area (Å²) >= 11 is 2.17. The van der Waals surface area contributed by atoms with E-state index in [1.807, 2.05) is 12.3 Å². The Labute approximate surface area is 133 Å². The molecule has 0 saturated heterocycles. The maximum absolute atomic E-state index is 11.9. The summed E-state index contributed by atoms with van der Waals surface area (Å²) in [6.07, 6.45) is 7.26. The van der Waals surface area contributed by atoms with Crippen molar-refractivity contribution in [3.63, 3.8) is 0 Å². The lowest BCUT2D eigenvalue weighted by Crippen LogP contribution is -2.19. The maximum atomic E-state index is 11.9. The predicted octanol–water partition coefficient (Wildman–Crippen LogP) is 4.16. The van der Waals surface area contributed by atoms with Crippen LogP contribution in [0, 0.1) is 3.57 Å². The van der Waals surface area contributed by atoms with Gasteiger partial charge >= 0.3 is 0 Å². The molecule has 0 aliphatic heterocycles. The predicted molar refractivity (Wildman–Crippen MR) is 90.2 cm³/mol. The lowest BCUT2D eigenvalue weighted by molar-refractivity contribution is 0.719. The Kier molecular flexibility index (Phi) is 4.24. The third-order valence-corrected chi connectivity index (χ3v) is 4.79. The van der Waals surface area contributed by atoms with Crippen LogP contribution in [0.3, 0.4) is 0 Å². The minimum Gasteiger partial charge on any atom is -0.311 e. The van der Waals surface area contributed by atoms with Gasteiger partial charge in [-0.2, -0.15) is 0 Å². The van der Waals surface area contributed by atoms with Crippen LogP contribution in [0.2, 0.25) is 0 Å². The van der Waals surface area contributed by atoms with Gasteiger partial charge < -0.3 is 4.57 Å². The molecule has 0 amide bonds. The number of pyridine rings is 1. The van der Waals surface area contributed by atoms with Crippen LogP contribution in [-0.2, 0) is 6.54 Å². The van der Waals surface area contributed by atoms with Crippen LogP contribution in [0.15, 0.2) is 47.4 Å². The molecule has 1 aliphatic carbocycles. The first-order valence-electron chi connectivity index (χ1n) is 7.17. The molecular formula is C17H18INO. The van der Waals surface area contributed by atoms with Crippen molar-refractivity contribution in [3.05, 3.63) is 67.6 Å². The van der Waals surface area contributed by atoms with E-state index in [1.165, 1.54) is 36.8 Å². The highest BCUT2D eigenvalue weighted by Crippen LogP contribution is 2.33. The molecule has 1 heterocycles. The summed E-state index contributed by atoms with van der Waals surface area (Å²) in [5.41, 5.74) is 2.72. The number of rotatable bonds is 3. The SMILES string of the molecule is O=c1cc(I)ccn1Cc1ccc(C2CCCC2)cc1. The molecule has 104 valence electrons. The van der Waals surface area contributed by atoms with Gasteiger partial charge in [-0.25, -0.2) is 0 Å². The Hall–Kier alpha value is -1.10. The zero-order valence-corrected chi connectivity index (χ0v) is 13.5. The molecule has 3 rings (SSSR count). The third-order valence-electron chi connectivity index (χ3n) is 4.12. The van der Waals surface area contributed by atoms with Gasteiger partial charge in [0.25, 0.3) is 5.56 Å². The van der Waals surface area contributed by atoms with Crippen LogP contribution >= 0.6 is 22.6 Å². The van der Waals surface area contributed by atoms with Gasteiger partial charge in [0.05, 0.1) is 6.54 Å². The molecule has 1 aromatic heterocycles. The van der Waals surface area contributed by atoms with E-state index in [9.17, 15) is 4.79 Å². The highest BCUT2D eigenvalue weighted by molar-refractivity contribution is 14.1. The summed E-state index contributed by atoms with van der Waals surface area (Å²) in [6.45, 7) is 0.653. The summed E-state index contributed by atoms with van der Waals surface area (Å²) in [4.78, 5) is 11.9. The van der Waals surface area contributed by atoms with Crippen molar-refractivity contribution in [1.82, 2.24) is 4.57 Å². The lowest BCUT2D eigenvalue weighted by Gasteiger charge is -2.11. The molecule has 2 nitrogen and oxygen atoms in total. The van der Waals surface area contributed by atoms with Gasteiger partial charge in [-0.05, 0) is 58.5 Å². The minimum atomic E-state index is 0.0665. The number of hydrogen-bond acceptors (Lipinski definition) is 1. The van der Waals surface area contributed by atoms with Gasteiger partial charge in [0.2, 0.25) is 0 Å². The summed E-state index contributed by atoms with van der Waals surface area (Å²) < 4.78 is 2.74. The lowest BCUT2D eigenvalue weighted by atomic mass is 9.97. The number of hydrogen-bond donors (Lipinski definition) is 0. The van der Waals surface area contributed by atoms with E-state index < -0.39 is 0 Å². The summed E-state index contributed by atoms with van der Waals surface area (Å²) in [5.74, 6) is 0.755. The summed E-state index contributed by atoms with van der Waals surface area (Å²) in [6, 6.07) is 12.4. The first-order valence-corrected chi connectivity index (χ1v) is 8.25. The maximum Gasteiger partial charge on any atom is 0.251 e. The third kappa shape index (κ3) is 3.14. The number of aromatic nitrogens is 1. The van der Waals surface area contributed by atoms with Crippen LogP contribution in [0.1, 0.15) is 42.7 Å². The van der Waals surface area contributed by atoms with E-state index in [1.54, 1.807) is 10.6 Å². The summed E-state index contributed by atoms with van der Waals surface area (Å²) in [7, 11) is 0. The molecule has 1 aromatic carbocycles. The molecule has 20 heavy (non-hydrogen) atoms. The van der Waals surface area contributed by atoms with Gasteiger partial charge in [-0.1, -0.05) is 37.1 Å². The fourth-order valence-electron chi connectivity index (χ4n) is 2.97. The van der Waals surface area contributed by atoms with Gasteiger partial charge in [-0.15, -0.1) is 0 Å². The smallest absolute Gasteiger partial charge is 0.251 e. The van der Waals surface area contributed by atoms with Gasteiger partial charge in [0, 0.05) is 15.8 Å². The van der Waals surface area contributed by atoms with Crippen molar-refractivity contribution in [1.29, 1.82) is 0 Å². The fourth-order valence-corrected chi connectivity index (χ4v) is 3.39. The first-order chi connectivity index (χ1) is 9.72. The topological polar surface area (TPSA) is 22.0 Å².